The lowest BCUT2D eigenvalue weighted by Crippen LogP contribution is -2.36. The lowest BCUT2D eigenvalue weighted by molar-refractivity contribution is 0.361. The van der Waals surface area contributed by atoms with Gasteiger partial charge in [0.2, 0.25) is 0 Å². The van der Waals surface area contributed by atoms with Crippen LogP contribution in [0.25, 0.3) is 0 Å². The number of hydrogen-bond donors (Lipinski definition) is 1. The zero-order chi connectivity index (χ0) is 14.4. The highest BCUT2D eigenvalue weighted by molar-refractivity contribution is 5.28. The summed E-state index contributed by atoms with van der Waals surface area (Å²) >= 11 is 0. The van der Waals surface area contributed by atoms with Gasteiger partial charge in [-0.2, -0.15) is 5.26 Å². The van der Waals surface area contributed by atoms with Crippen molar-refractivity contribution in [3.8, 4) is 11.8 Å². The molecule has 0 amide bonds. The molecule has 1 fully saturated rings. The smallest absolute Gasteiger partial charge is 0.118 e. The molecule has 0 spiro atoms. The molecule has 0 aromatic heterocycles. The largest absolute Gasteiger partial charge is 0.497 e. The van der Waals surface area contributed by atoms with Crippen LogP contribution in [0.1, 0.15) is 50.6 Å². The van der Waals surface area contributed by atoms with Gasteiger partial charge in [0, 0.05) is 12.1 Å². The molecule has 2 rings (SSSR count). The van der Waals surface area contributed by atoms with Crippen LogP contribution in [0.5, 0.6) is 5.75 Å². The molecule has 0 radical (unpaired) electrons. The second kappa shape index (κ2) is 7.31. The van der Waals surface area contributed by atoms with E-state index in [0.29, 0.717) is 6.04 Å². The summed E-state index contributed by atoms with van der Waals surface area (Å²) < 4.78 is 5.19. The van der Waals surface area contributed by atoms with Crippen molar-refractivity contribution < 1.29 is 4.74 Å². The van der Waals surface area contributed by atoms with Crippen LogP contribution in [0.4, 0.5) is 0 Å². The van der Waals surface area contributed by atoms with Crippen LogP contribution >= 0.6 is 0 Å². The number of rotatable bonds is 4. The third kappa shape index (κ3) is 3.74. The highest BCUT2D eigenvalue weighted by atomic mass is 16.5. The third-order valence-corrected chi connectivity index (χ3v) is 4.26. The second-order valence-electron chi connectivity index (χ2n) is 5.64. The summed E-state index contributed by atoms with van der Waals surface area (Å²) in [5.74, 6) is 1.03. The van der Waals surface area contributed by atoms with Crippen molar-refractivity contribution in [3.63, 3.8) is 0 Å². The minimum Gasteiger partial charge on any atom is -0.497 e. The van der Waals surface area contributed by atoms with Gasteiger partial charge in [-0.3, -0.25) is 0 Å². The average molecular weight is 272 g/mol. The van der Waals surface area contributed by atoms with Gasteiger partial charge < -0.3 is 10.1 Å². The first-order valence-electron chi connectivity index (χ1n) is 7.54. The first kappa shape index (κ1) is 14.9. The van der Waals surface area contributed by atoms with Gasteiger partial charge in [0.25, 0.3) is 0 Å². The minimum absolute atomic E-state index is 0.151. The van der Waals surface area contributed by atoms with E-state index in [-0.39, 0.29) is 12.0 Å². The molecule has 1 N–H and O–H groups in total. The Balaban J connectivity index is 2.01. The van der Waals surface area contributed by atoms with Gasteiger partial charge in [0.15, 0.2) is 0 Å². The van der Waals surface area contributed by atoms with Gasteiger partial charge in [-0.1, -0.05) is 31.4 Å². The van der Waals surface area contributed by atoms with Gasteiger partial charge in [-0.15, -0.1) is 0 Å². The average Bonchev–Trinajstić information content (AvgIpc) is 2.72. The summed E-state index contributed by atoms with van der Waals surface area (Å²) in [5.41, 5.74) is 1.24. The van der Waals surface area contributed by atoms with Crippen molar-refractivity contribution in [1.29, 1.82) is 5.26 Å². The Morgan fingerprint density at radius 1 is 1.20 bits per heavy atom. The van der Waals surface area contributed by atoms with Crippen LogP contribution in [0.15, 0.2) is 24.3 Å². The predicted octanol–water partition coefficient (Wildman–Crippen LogP) is 3.82. The molecule has 0 aliphatic heterocycles. The van der Waals surface area contributed by atoms with E-state index < -0.39 is 0 Å². The molecular weight excluding hydrogens is 248 g/mol. The third-order valence-electron chi connectivity index (χ3n) is 4.26. The summed E-state index contributed by atoms with van der Waals surface area (Å²) in [6.07, 6.45) is 5.81. The number of benzene rings is 1. The van der Waals surface area contributed by atoms with Crippen molar-refractivity contribution >= 4 is 0 Å². The summed E-state index contributed by atoms with van der Waals surface area (Å²) in [4.78, 5) is 0. The topological polar surface area (TPSA) is 45.0 Å². The maximum atomic E-state index is 9.33. The Hall–Kier alpha value is -1.53. The van der Waals surface area contributed by atoms with E-state index in [2.05, 4.69) is 30.4 Å². The Bertz CT molecular complexity index is 449. The molecule has 1 aromatic carbocycles. The zero-order valence-electron chi connectivity index (χ0n) is 12.4. The Labute approximate surface area is 121 Å². The fraction of sp³-hybridized carbons (Fsp3) is 0.588. The number of nitrogens with one attached hydrogen (secondary N) is 1. The van der Waals surface area contributed by atoms with Gasteiger partial charge in [0.05, 0.1) is 19.1 Å². The van der Waals surface area contributed by atoms with E-state index in [0.717, 1.165) is 18.6 Å². The molecule has 0 heterocycles. The summed E-state index contributed by atoms with van der Waals surface area (Å²) in [5, 5.41) is 13.0. The van der Waals surface area contributed by atoms with Crippen LogP contribution in [0.3, 0.4) is 0 Å². The highest BCUT2D eigenvalue weighted by Crippen LogP contribution is 2.26. The number of hydrogen-bond acceptors (Lipinski definition) is 3. The molecule has 1 aliphatic rings. The molecule has 2 unspecified atom stereocenters. The van der Waals surface area contributed by atoms with Gasteiger partial charge in [-0.25, -0.2) is 0 Å². The molecule has 0 bridgehead atoms. The molecule has 3 heteroatoms. The number of nitriles is 1. The molecule has 108 valence electrons. The summed E-state index contributed by atoms with van der Waals surface area (Å²) in [6, 6.07) is 11.2. The Morgan fingerprint density at radius 2 is 1.90 bits per heavy atom. The van der Waals surface area contributed by atoms with Crippen LogP contribution in [-0.2, 0) is 0 Å². The predicted molar refractivity (Wildman–Crippen MR) is 80.5 cm³/mol. The lowest BCUT2D eigenvalue weighted by Gasteiger charge is -2.25. The number of methoxy groups -OCH3 is 1. The standard InChI is InChI=1S/C17H24N2O/c1-13(14-8-10-16(20-2)11-9-14)19-17-7-5-3-4-6-15(17)12-18/h8-11,13,15,17,19H,3-7H2,1-2H3/t13-,15?,17?/m0/s1. The molecule has 3 nitrogen and oxygen atoms in total. The molecular formula is C17H24N2O. The van der Waals surface area contributed by atoms with Gasteiger partial charge in [-0.05, 0) is 37.5 Å². The van der Waals surface area contributed by atoms with Crippen molar-refractivity contribution in [3.05, 3.63) is 29.8 Å². The number of nitrogens with zero attached hydrogens (tertiary/aromatic N) is 1. The lowest BCUT2D eigenvalue weighted by atomic mass is 9.94. The molecule has 1 aliphatic carbocycles. The fourth-order valence-corrected chi connectivity index (χ4v) is 2.97. The van der Waals surface area contributed by atoms with Crippen LogP contribution < -0.4 is 10.1 Å². The van der Waals surface area contributed by atoms with Crippen molar-refractivity contribution in [2.75, 3.05) is 7.11 Å². The van der Waals surface area contributed by atoms with E-state index >= 15 is 0 Å². The van der Waals surface area contributed by atoms with E-state index in [1.165, 1.54) is 24.8 Å². The van der Waals surface area contributed by atoms with Crippen LogP contribution in [-0.4, -0.2) is 13.2 Å². The number of ether oxygens (including phenoxy) is 1. The van der Waals surface area contributed by atoms with Gasteiger partial charge >= 0.3 is 0 Å². The van der Waals surface area contributed by atoms with E-state index in [1.807, 2.05) is 12.1 Å². The van der Waals surface area contributed by atoms with E-state index in [4.69, 9.17) is 4.74 Å². The second-order valence-corrected chi connectivity index (χ2v) is 5.64. The summed E-state index contributed by atoms with van der Waals surface area (Å²) in [6.45, 7) is 2.17. The van der Waals surface area contributed by atoms with Crippen molar-refractivity contribution in [1.82, 2.24) is 5.32 Å². The minimum atomic E-state index is 0.151. The first-order chi connectivity index (χ1) is 9.74. The van der Waals surface area contributed by atoms with E-state index in [9.17, 15) is 5.26 Å². The quantitative estimate of drug-likeness (QED) is 0.847. The molecule has 1 saturated carbocycles. The van der Waals surface area contributed by atoms with Gasteiger partial charge in [0.1, 0.15) is 5.75 Å². The molecule has 0 saturated heterocycles. The monoisotopic (exact) mass is 272 g/mol. The molecule has 1 aromatic rings. The Morgan fingerprint density at radius 3 is 2.55 bits per heavy atom. The Kier molecular flexibility index (Phi) is 5.43. The maximum absolute atomic E-state index is 9.33. The summed E-state index contributed by atoms with van der Waals surface area (Å²) in [7, 11) is 1.68. The molecule has 3 atom stereocenters. The highest BCUT2D eigenvalue weighted by Gasteiger charge is 2.24. The SMILES string of the molecule is COc1ccc([C@H](C)NC2CCCCCC2C#N)cc1. The van der Waals surface area contributed by atoms with Crippen molar-refractivity contribution in [2.45, 2.75) is 51.1 Å². The normalized spacial score (nSPS) is 24.4. The van der Waals surface area contributed by atoms with Crippen LogP contribution in [0.2, 0.25) is 0 Å². The van der Waals surface area contributed by atoms with Crippen molar-refractivity contribution in [2.24, 2.45) is 5.92 Å². The first-order valence-corrected chi connectivity index (χ1v) is 7.54. The molecule has 20 heavy (non-hydrogen) atoms. The van der Waals surface area contributed by atoms with E-state index in [1.54, 1.807) is 7.11 Å². The van der Waals surface area contributed by atoms with Crippen LogP contribution in [0, 0.1) is 17.2 Å². The zero-order valence-corrected chi connectivity index (χ0v) is 12.4. The fourth-order valence-electron chi connectivity index (χ4n) is 2.97. The maximum Gasteiger partial charge on any atom is 0.118 e.